The number of alkyl halides is 3. The Kier molecular flexibility index (Phi) is 6.99. The maximum Gasteiger partial charge on any atom is 0.416 e. The van der Waals surface area contributed by atoms with Crippen LogP contribution in [0.3, 0.4) is 0 Å². The first-order valence-corrected chi connectivity index (χ1v) is 8.34. The van der Waals surface area contributed by atoms with E-state index in [1.807, 2.05) is 0 Å². The maximum atomic E-state index is 12.7. The number of nitro groups is 1. The van der Waals surface area contributed by atoms with Gasteiger partial charge in [0, 0.05) is 31.4 Å². The number of nitrogens with one attached hydrogen (secondary N) is 2. The van der Waals surface area contributed by atoms with E-state index in [-0.39, 0.29) is 35.8 Å². The topological polar surface area (TPSA) is 114 Å². The highest BCUT2D eigenvalue weighted by molar-refractivity contribution is 6.00. The molecule has 2 aromatic rings. The molecule has 0 fully saturated rings. The van der Waals surface area contributed by atoms with Gasteiger partial charge >= 0.3 is 6.18 Å². The van der Waals surface area contributed by atoms with Gasteiger partial charge in [-0.15, -0.1) is 0 Å². The second kappa shape index (κ2) is 9.24. The van der Waals surface area contributed by atoms with Crippen LogP contribution in [0.15, 0.2) is 42.5 Å². The SMILES string of the molecule is CNC(=O)c1cc([N+](=O)[O-])ccc1NCC(O)COc1cccc(C(F)(F)F)c1. The van der Waals surface area contributed by atoms with Crippen LogP contribution in [0.25, 0.3) is 0 Å². The number of nitro benzene ring substituents is 1. The standard InChI is InChI=1S/C18H18F3N3O5/c1-22-17(26)15-8-12(24(27)28)5-6-16(15)23-9-13(25)10-29-14-4-2-3-11(7-14)18(19,20)21/h2-8,13,23,25H,9-10H2,1H3,(H,22,26). The number of carbonyl (C=O) groups is 1. The molecule has 0 radical (unpaired) electrons. The van der Waals surface area contributed by atoms with Gasteiger partial charge in [-0.25, -0.2) is 0 Å². The molecular weight excluding hydrogens is 395 g/mol. The summed E-state index contributed by atoms with van der Waals surface area (Å²) in [6, 6.07) is 7.85. The van der Waals surface area contributed by atoms with Gasteiger partial charge in [0.2, 0.25) is 0 Å². The summed E-state index contributed by atoms with van der Waals surface area (Å²) >= 11 is 0. The minimum atomic E-state index is -4.51. The molecule has 8 nitrogen and oxygen atoms in total. The van der Waals surface area contributed by atoms with Crippen LogP contribution < -0.4 is 15.4 Å². The van der Waals surface area contributed by atoms with Gasteiger partial charge in [-0.3, -0.25) is 14.9 Å². The lowest BCUT2D eigenvalue weighted by Gasteiger charge is -2.16. The molecule has 0 saturated heterocycles. The average molecular weight is 413 g/mol. The van der Waals surface area contributed by atoms with E-state index in [1.54, 1.807) is 0 Å². The van der Waals surface area contributed by atoms with Crippen molar-refractivity contribution in [1.82, 2.24) is 5.32 Å². The monoisotopic (exact) mass is 413 g/mol. The molecule has 0 saturated carbocycles. The second-order valence-corrected chi connectivity index (χ2v) is 5.94. The first kappa shape index (κ1) is 22.0. The van der Waals surface area contributed by atoms with E-state index in [4.69, 9.17) is 4.74 Å². The number of rotatable bonds is 8. The minimum Gasteiger partial charge on any atom is -0.491 e. The first-order chi connectivity index (χ1) is 13.6. The number of non-ortho nitro benzene ring substituents is 1. The summed E-state index contributed by atoms with van der Waals surface area (Å²) in [6.07, 6.45) is -5.64. The molecule has 3 N–H and O–H groups in total. The van der Waals surface area contributed by atoms with Gasteiger partial charge in [0.05, 0.1) is 16.1 Å². The Morgan fingerprint density at radius 2 is 2.00 bits per heavy atom. The summed E-state index contributed by atoms with van der Waals surface area (Å²) in [5, 5.41) is 26.0. The van der Waals surface area contributed by atoms with E-state index < -0.39 is 28.7 Å². The maximum absolute atomic E-state index is 12.7. The van der Waals surface area contributed by atoms with Crippen molar-refractivity contribution in [3.8, 4) is 5.75 Å². The van der Waals surface area contributed by atoms with E-state index >= 15 is 0 Å². The lowest BCUT2D eigenvalue weighted by atomic mass is 10.1. The molecule has 156 valence electrons. The third-order valence-corrected chi connectivity index (χ3v) is 3.82. The number of halogens is 3. The van der Waals surface area contributed by atoms with Gasteiger partial charge in [-0.2, -0.15) is 13.2 Å². The summed E-state index contributed by atoms with van der Waals surface area (Å²) in [6.45, 7) is -0.419. The molecule has 29 heavy (non-hydrogen) atoms. The Bertz CT molecular complexity index is 889. The van der Waals surface area contributed by atoms with Crippen molar-refractivity contribution in [2.24, 2.45) is 0 Å². The Hall–Kier alpha value is -3.34. The van der Waals surface area contributed by atoms with Gasteiger partial charge < -0.3 is 20.5 Å². The molecule has 1 atom stereocenters. The van der Waals surface area contributed by atoms with Crippen molar-refractivity contribution in [3.05, 3.63) is 63.7 Å². The number of ether oxygens (including phenoxy) is 1. The third kappa shape index (κ3) is 6.07. The molecule has 2 aromatic carbocycles. The molecule has 1 amide bonds. The van der Waals surface area contributed by atoms with E-state index in [1.165, 1.54) is 31.3 Å². The van der Waals surface area contributed by atoms with E-state index in [9.17, 15) is 33.2 Å². The largest absolute Gasteiger partial charge is 0.491 e. The van der Waals surface area contributed by atoms with Crippen molar-refractivity contribution in [2.75, 3.05) is 25.5 Å². The molecule has 11 heteroatoms. The number of amides is 1. The molecule has 0 aromatic heterocycles. The predicted octanol–water partition coefficient (Wildman–Crippen LogP) is 2.83. The number of hydrogen-bond donors (Lipinski definition) is 3. The number of hydrogen-bond acceptors (Lipinski definition) is 6. The van der Waals surface area contributed by atoms with E-state index in [2.05, 4.69) is 10.6 Å². The van der Waals surface area contributed by atoms with Gasteiger partial charge in [-0.1, -0.05) is 6.07 Å². The highest BCUT2D eigenvalue weighted by atomic mass is 19.4. The number of aliphatic hydroxyl groups excluding tert-OH is 1. The van der Waals surface area contributed by atoms with Gasteiger partial charge in [0.1, 0.15) is 18.5 Å². The number of benzene rings is 2. The highest BCUT2D eigenvalue weighted by Crippen LogP contribution is 2.31. The first-order valence-electron chi connectivity index (χ1n) is 8.34. The predicted molar refractivity (Wildman–Crippen MR) is 97.9 cm³/mol. The van der Waals surface area contributed by atoms with Gasteiger partial charge in [0.25, 0.3) is 11.6 Å². The smallest absolute Gasteiger partial charge is 0.416 e. The fourth-order valence-electron chi connectivity index (χ4n) is 2.36. The average Bonchev–Trinajstić information content (AvgIpc) is 2.69. The van der Waals surface area contributed by atoms with Crippen molar-refractivity contribution < 1.29 is 32.7 Å². The summed E-state index contributed by atoms with van der Waals surface area (Å²) in [4.78, 5) is 22.2. The van der Waals surface area contributed by atoms with Crippen LogP contribution in [-0.4, -0.2) is 42.2 Å². The quantitative estimate of drug-likeness (QED) is 0.453. The van der Waals surface area contributed by atoms with E-state index in [0.29, 0.717) is 0 Å². The van der Waals surface area contributed by atoms with Crippen LogP contribution >= 0.6 is 0 Å². The lowest BCUT2D eigenvalue weighted by molar-refractivity contribution is -0.384. The van der Waals surface area contributed by atoms with E-state index in [0.717, 1.165) is 18.2 Å². The molecule has 0 bridgehead atoms. The van der Waals surface area contributed by atoms with Crippen molar-refractivity contribution in [2.45, 2.75) is 12.3 Å². The lowest BCUT2D eigenvalue weighted by Crippen LogP contribution is -2.27. The van der Waals surface area contributed by atoms with Crippen LogP contribution in [0.5, 0.6) is 5.75 Å². The zero-order chi connectivity index (χ0) is 21.6. The Balaban J connectivity index is 2.00. The second-order valence-electron chi connectivity index (χ2n) is 5.94. The Morgan fingerprint density at radius 3 is 2.62 bits per heavy atom. The van der Waals surface area contributed by atoms with Crippen LogP contribution in [-0.2, 0) is 6.18 Å². The zero-order valence-electron chi connectivity index (χ0n) is 15.2. The number of aliphatic hydroxyl groups is 1. The summed E-state index contributed by atoms with van der Waals surface area (Å²) in [5.41, 5.74) is -0.896. The molecule has 0 aliphatic heterocycles. The molecule has 1 unspecified atom stereocenters. The summed E-state index contributed by atoms with van der Waals surface area (Å²) in [7, 11) is 1.36. The Morgan fingerprint density at radius 1 is 1.28 bits per heavy atom. The van der Waals surface area contributed by atoms with Crippen LogP contribution in [0.2, 0.25) is 0 Å². The third-order valence-electron chi connectivity index (χ3n) is 3.82. The van der Waals surface area contributed by atoms with Crippen LogP contribution in [0, 0.1) is 10.1 Å². The molecule has 0 aliphatic rings. The zero-order valence-corrected chi connectivity index (χ0v) is 15.2. The molecule has 2 rings (SSSR count). The molecule has 0 heterocycles. The van der Waals surface area contributed by atoms with Gasteiger partial charge in [0.15, 0.2) is 0 Å². The van der Waals surface area contributed by atoms with Gasteiger partial charge in [-0.05, 0) is 24.3 Å². The molecular formula is C18H18F3N3O5. The summed E-state index contributed by atoms with van der Waals surface area (Å²) in [5.74, 6) is -0.619. The van der Waals surface area contributed by atoms with Crippen molar-refractivity contribution in [3.63, 3.8) is 0 Å². The molecule has 0 aliphatic carbocycles. The van der Waals surface area contributed by atoms with Crippen LogP contribution in [0.4, 0.5) is 24.5 Å². The normalized spacial score (nSPS) is 12.2. The van der Waals surface area contributed by atoms with Crippen LogP contribution in [0.1, 0.15) is 15.9 Å². The highest BCUT2D eigenvalue weighted by Gasteiger charge is 2.30. The summed E-state index contributed by atoms with van der Waals surface area (Å²) < 4.78 is 43.3. The van der Waals surface area contributed by atoms with Crippen molar-refractivity contribution >= 4 is 17.3 Å². The molecule has 0 spiro atoms. The Labute approximate surface area is 163 Å². The minimum absolute atomic E-state index is 0.00713. The number of carbonyl (C=O) groups excluding carboxylic acids is 1. The van der Waals surface area contributed by atoms with Crippen molar-refractivity contribution in [1.29, 1.82) is 0 Å². The fraction of sp³-hybridized carbons (Fsp3) is 0.278. The fourth-order valence-corrected chi connectivity index (χ4v) is 2.36. The number of anilines is 1. The number of nitrogens with zero attached hydrogens (tertiary/aromatic N) is 1.